The van der Waals surface area contributed by atoms with E-state index in [0.29, 0.717) is 5.69 Å². The van der Waals surface area contributed by atoms with E-state index in [9.17, 15) is 4.79 Å². The Bertz CT molecular complexity index is 284. The zero-order chi connectivity index (χ0) is 9.84. The third kappa shape index (κ3) is 2.26. The summed E-state index contributed by atoms with van der Waals surface area (Å²) in [4.78, 5) is 16.9. The van der Waals surface area contributed by atoms with E-state index in [-0.39, 0.29) is 5.91 Å². The molecule has 0 radical (unpaired) electrons. The first-order valence-electron chi connectivity index (χ1n) is 3.99. The fraction of sp³-hybridized carbons (Fsp3) is 0.333. The first-order valence-corrected chi connectivity index (χ1v) is 3.99. The molecule has 13 heavy (non-hydrogen) atoms. The van der Waals surface area contributed by atoms with Crippen molar-refractivity contribution in [2.24, 2.45) is 5.73 Å². The van der Waals surface area contributed by atoms with Gasteiger partial charge in [0.05, 0.1) is 5.69 Å². The van der Waals surface area contributed by atoms with Crippen molar-refractivity contribution in [3.05, 3.63) is 30.1 Å². The van der Waals surface area contributed by atoms with Crippen molar-refractivity contribution in [2.45, 2.75) is 6.04 Å². The van der Waals surface area contributed by atoms with Gasteiger partial charge in [0.1, 0.15) is 6.04 Å². The number of nitrogens with zero attached hydrogens (tertiary/aromatic N) is 2. The minimum Gasteiger partial charge on any atom is -0.368 e. The standard InChI is InChI=1S/C9H13N3O/c1-12(2)8(9(10)13)7-5-3-4-6-11-7/h3-6,8H,1-2H3,(H2,10,13). The summed E-state index contributed by atoms with van der Waals surface area (Å²) >= 11 is 0. The Balaban J connectivity index is 2.96. The average Bonchev–Trinajstić information content (AvgIpc) is 2.04. The molecule has 0 fully saturated rings. The van der Waals surface area contributed by atoms with E-state index in [0.717, 1.165) is 0 Å². The third-order valence-corrected chi connectivity index (χ3v) is 1.75. The normalized spacial score (nSPS) is 12.8. The molecule has 0 bridgehead atoms. The molecular formula is C9H13N3O. The number of primary amides is 1. The van der Waals surface area contributed by atoms with E-state index >= 15 is 0 Å². The highest BCUT2D eigenvalue weighted by Gasteiger charge is 2.20. The van der Waals surface area contributed by atoms with E-state index in [1.807, 2.05) is 6.07 Å². The smallest absolute Gasteiger partial charge is 0.240 e. The quantitative estimate of drug-likeness (QED) is 0.719. The number of carbonyl (C=O) groups excluding carboxylic acids is 1. The molecule has 1 rings (SSSR count). The van der Waals surface area contributed by atoms with Crippen molar-refractivity contribution in [3.63, 3.8) is 0 Å². The van der Waals surface area contributed by atoms with E-state index in [1.54, 1.807) is 37.3 Å². The van der Waals surface area contributed by atoms with E-state index in [1.165, 1.54) is 0 Å². The number of carbonyl (C=O) groups is 1. The topological polar surface area (TPSA) is 59.2 Å². The van der Waals surface area contributed by atoms with Gasteiger partial charge in [-0.15, -0.1) is 0 Å². The van der Waals surface area contributed by atoms with Crippen LogP contribution in [0.3, 0.4) is 0 Å². The van der Waals surface area contributed by atoms with Gasteiger partial charge in [-0.3, -0.25) is 14.7 Å². The summed E-state index contributed by atoms with van der Waals surface area (Å²) in [6.45, 7) is 0. The highest BCUT2D eigenvalue weighted by atomic mass is 16.1. The van der Waals surface area contributed by atoms with Crippen molar-refractivity contribution < 1.29 is 4.79 Å². The molecule has 0 saturated heterocycles. The minimum absolute atomic E-state index is 0.385. The molecule has 4 nitrogen and oxygen atoms in total. The largest absolute Gasteiger partial charge is 0.368 e. The second-order valence-electron chi connectivity index (χ2n) is 3.02. The number of hydrogen-bond donors (Lipinski definition) is 1. The Kier molecular flexibility index (Phi) is 2.97. The molecule has 0 spiro atoms. The van der Waals surface area contributed by atoms with Gasteiger partial charge in [0.15, 0.2) is 0 Å². The SMILES string of the molecule is CN(C)C(C(N)=O)c1ccccn1. The molecule has 1 aromatic heterocycles. The van der Waals surface area contributed by atoms with Gasteiger partial charge in [0.25, 0.3) is 0 Å². The summed E-state index contributed by atoms with van der Waals surface area (Å²) in [5.74, 6) is -0.385. The van der Waals surface area contributed by atoms with Gasteiger partial charge in [-0.25, -0.2) is 0 Å². The summed E-state index contributed by atoms with van der Waals surface area (Å²) in [7, 11) is 3.59. The van der Waals surface area contributed by atoms with Crippen LogP contribution in [0.5, 0.6) is 0 Å². The number of nitrogens with two attached hydrogens (primary N) is 1. The van der Waals surface area contributed by atoms with Crippen molar-refractivity contribution in [1.29, 1.82) is 0 Å². The zero-order valence-electron chi connectivity index (χ0n) is 7.77. The van der Waals surface area contributed by atoms with Crippen LogP contribution in [0, 0.1) is 0 Å². The number of aromatic nitrogens is 1. The van der Waals surface area contributed by atoms with Crippen LogP contribution in [-0.4, -0.2) is 29.9 Å². The van der Waals surface area contributed by atoms with Gasteiger partial charge in [0, 0.05) is 6.20 Å². The Hall–Kier alpha value is -1.42. The molecule has 70 valence electrons. The van der Waals surface area contributed by atoms with Gasteiger partial charge in [-0.1, -0.05) is 6.07 Å². The van der Waals surface area contributed by atoms with Gasteiger partial charge < -0.3 is 5.73 Å². The molecular weight excluding hydrogens is 166 g/mol. The second kappa shape index (κ2) is 4.00. The van der Waals surface area contributed by atoms with Crippen LogP contribution in [0.4, 0.5) is 0 Å². The van der Waals surface area contributed by atoms with Gasteiger partial charge in [0.2, 0.25) is 5.91 Å². The predicted octanol–water partition coefficient (Wildman–Crippen LogP) is 0.170. The maximum absolute atomic E-state index is 11.1. The fourth-order valence-electron chi connectivity index (χ4n) is 1.20. The summed E-state index contributed by atoms with van der Waals surface area (Å²) < 4.78 is 0. The van der Waals surface area contributed by atoms with Crippen LogP contribution >= 0.6 is 0 Å². The summed E-state index contributed by atoms with van der Waals surface area (Å²) in [5.41, 5.74) is 5.93. The van der Waals surface area contributed by atoms with E-state index in [4.69, 9.17) is 5.73 Å². The molecule has 1 heterocycles. The number of pyridine rings is 1. The molecule has 1 amide bonds. The highest BCUT2D eigenvalue weighted by molar-refractivity contribution is 5.80. The molecule has 0 saturated carbocycles. The molecule has 4 heteroatoms. The lowest BCUT2D eigenvalue weighted by Crippen LogP contribution is -2.33. The van der Waals surface area contributed by atoms with Crippen LogP contribution in [0.1, 0.15) is 11.7 Å². The zero-order valence-corrected chi connectivity index (χ0v) is 7.77. The van der Waals surface area contributed by atoms with Gasteiger partial charge >= 0.3 is 0 Å². The third-order valence-electron chi connectivity index (χ3n) is 1.75. The first-order chi connectivity index (χ1) is 6.13. The van der Waals surface area contributed by atoms with E-state index < -0.39 is 6.04 Å². The van der Waals surface area contributed by atoms with Crippen molar-refractivity contribution in [2.75, 3.05) is 14.1 Å². The molecule has 1 atom stereocenters. The Morgan fingerprint density at radius 1 is 1.54 bits per heavy atom. The lowest BCUT2D eigenvalue weighted by Gasteiger charge is -2.19. The molecule has 0 aliphatic rings. The molecule has 1 unspecified atom stereocenters. The van der Waals surface area contributed by atoms with Gasteiger partial charge in [-0.2, -0.15) is 0 Å². The number of hydrogen-bond acceptors (Lipinski definition) is 3. The minimum atomic E-state index is -0.443. The monoisotopic (exact) mass is 179 g/mol. The van der Waals surface area contributed by atoms with Crippen LogP contribution in [-0.2, 0) is 4.79 Å². The van der Waals surface area contributed by atoms with E-state index in [2.05, 4.69) is 4.98 Å². The maximum Gasteiger partial charge on any atom is 0.240 e. The predicted molar refractivity (Wildman–Crippen MR) is 49.9 cm³/mol. The first kappa shape index (κ1) is 9.67. The second-order valence-corrected chi connectivity index (χ2v) is 3.02. The number of rotatable bonds is 3. The van der Waals surface area contributed by atoms with Crippen LogP contribution in [0.2, 0.25) is 0 Å². The molecule has 0 aliphatic heterocycles. The maximum atomic E-state index is 11.1. The Morgan fingerprint density at radius 3 is 2.62 bits per heavy atom. The summed E-state index contributed by atoms with van der Waals surface area (Å²) in [6.07, 6.45) is 1.65. The molecule has 2 N–H and O–H groups in total. The average molecular weight is 179 g/mol. The molecule has 0 aromatic carbocycles. The lowest BCUT2D eigenvalue weighted by molar-refractivity contribution is -0.122. The summed E-state index contributed by atoms with van der Waals surface area (Å²) in [6, 6.07) is 4.98. The molecule has 0 aliphatic carbocycles. The molecule has 1 aromatic rings. The van der Waals surface area contributed by atoms with Crippen molar-refractivity contribution in [3.8, 4) is 0 Å². The van der Waals surface area contributed by atoms with Crippen molar-refractivity contribution in [1.82, 2.24) is 9.88 Å². The lowest BCUT2D eigenvalue weighted by atomic mass is 10.1. The van der Waals surface area contributed by atoms with Crippen molar-refractivity contribution >= 4 is 5.91 Å². The van der Waals surface area contributed by atoms with Crippen LogP contribution in [0.25, 0.3) is 0 Å². The number of amides is 1. The summed E-state index contributed by atoms with van der Waals surface area (Å²) in [5, 5.41) is 0. The van der Waals surface area contributed by atoms with Crippen LogP contribution in [0.15, 0.2) is 24.4 Å². The Labute approximate surface area is 77.4 Å². The van der Waals surface area contributed by atoms with Gasteiger partial charge in [-0.05, 0) is 26.2 Å². The number of likely N-dealkylation sites (N-methyl/N-ethyl adjacent to an activating group) is 1. The Morgan fingerprint density at radius 2 is 2.23 bits per heavy atom. The fourth-order valence-corrected chi connectivity index (χ4v) is 1.20. The highest BCUT2D eigenvalue weighted by Crippen LogP contribution is 2.13. The van der Waals surface area contributed by atoms with Crippen LogP contribution < -0.4 is 5.73 Å².